The van der Waals surface area contributed by atoms with Crippen LogP contribution in [0.1, 0.15) is 117 Å². The molecule has 1 unspecified atom stereocenters. The number of ether oxygens (including phenoxy) is 3. The highest BCUT2D eigenvalue weighted by atomic mass is 16.7. The number of carbonyl (C=O) groups is 4. The molecule has 0 spiro atoms. The van der Waals surface area contributed by atoms with E-state index in [9.17, 15) is 19.2 Å². The van der Waals surface area contributed by atoms with E-state index in [0.717, 1.165) is 70.6 Å². The highest BCUT2D eigenvalue weighted by Gasteiger charge is 2.22. The largest absolute Gasteiger partial charge is 0.481 e. The Morgan fingerprint density at radius 2 is 1.15 bits per heavy atom. The van der Waals surface area contributed by atoms with Gasteiger partial charge in [-0.1, -0.05) is 71.6 Å². The molecule has 8 nitrogen and oxygen atoms in total. The molecule has 0 aromatic rings. The molecule has 192 valence electrons. The summed E-state index contributed by atoms with van der Waals surface area (Å²) in [5.41, 5.74) is 0. The van der Waals surface area contributed by atoms with Crippen molar-refractivity contribution in [3.63, 3.8) is 0 Å². The molecular formula is C25H44O8. The predicted molar refractivity (Wildman–Crippen MR) is 124 cm³/mol. The van der Waals surface area contributed by atoms with Crippen LogP contribution >= 0.6 is 0 Å². The fourth-order valence-corrected chi connectivity index (χ4v) is 3.29. The quantitative estimate of drug-likeness (QED) is 0.124. The van der Waals surface area contributed by atoms with Gasteiger partial charge in [-0.15, -0.1) is 0 Å². The predicted octanol–water partition coefficient (Wildman–Crippen LogP) is 5.56. The average molecular weight is 473 g/mol. The molecule has 0 aliphatic heterocycles. The molecule has 0 radical (unpaired) electrons. The van der Waals surface area contributed by atoms with Crippen LogP contribution in [0.15, 0.2) is 0 Å². The number of rotatable bonds is 22. The van der Waals surface area contributed by atoms with Crippen molar-refractivity contribution >= 4 is 23.9 Å². The van der Waals surface area contributed by atoms with E-state index < -0.39 is 30.6 Å². The van der Waals surface area contributed by atoms with Gasteiger partial charge in [0.25, 0.3) is 0 Å². The first-order chi connectivity index (χ1) is 15.9. The van der Waals surface area contributed by atoms with Crippen molar-refractivity contribution in [2.75, 3.05) is 13.4 Å². The Bertz CT molecular complexity index is 547. The Morgan fingerprint density at radius 1 is 0.636 bits per heavy atom. The molecule has 1 atom stereocenters. The second-order valence-electron chi connectivity index (χ2n) is 8.45. The van der Waals surface area contributed by atoms with Gasteiger partial charge in [-0.3, -0.25) is 19.2 Å². The molecule has 0 saturated carbocycles. The zero-order valence-corrected chi connectivity index (χ0v) is 20.6. The van der Waals surface area contributed by atoms with E-state index in [1.165, 1.54) is 0 Å². The molecule has 0 bridgehead atoms. The van der Waals surface area contributed by atoms with Crippen molar-refractivity contribution in [1.82, 2.24) is 0 Å². The molecule has 8 heteroatoms. The smallest absolute Gasteiger partial charge is 0.315 e. The molecule has 0 heterocycles. The zero-order chi connectivity index (χ0) is 24.7. The van der Waals surface area contributed by atoms with Gasteiger partial charge in [0.15, 0.2) is 0 Å². The van der Waals surface area contributed by atoms with Gasteiger partial charge in [-0.25, -0.2) is 0 Å². The number of esters is 3. The Labute approximate surface area is 198 Å². The van der Waals surface area contributed by atoms with Gasteiger partial charge >= 0.3 is 23.9 Å². The lowest BCUT2D eigenvalue weighted by Crippen LogP contribution is -2.26. The van der Waals surface area contributed by atoms with Crippen LogP contribution in [0.4, 0.5) is 0 Å². The van der Waals surface area contributed by atoms with Crippen LogP contribution in [-0.4, -0.2) is 42.4 Å². The topological polar surface area (TPSA) is 116 Å². The van der Waals surface area contributed by atoms with Crippen molar-refractivity contribution < 1.29 is 38.5 Å². The third-order valence-corrected chi connectivity index (χ3v) is 5.36. The maximum atomic E-state index is 12.5. The summed E-state index contributed by atoms with van der Waals surface area (Å²) in [5, 5.41) is 8.65. The fraction of sp³-hybridized carbons (Fsp3) is 0.840. The third-order valence-electron chi connectivity index (χ3n) is 5.36. The number of aliphatic carboxylic acids is 1. The Kier molecular flexibility index (Phi) is 20.3. The maximum absolute atomic E-state index is 12.5. The Balaban J connectivity index is 4.34. The molecular weight excluding hydrogens is 428 g/mol. The molecule has 0 aliphatic rings. The lowest BCUT2D eigenvalue weighted by molar-refractivity contribution is -0.172. The van der Waals surface area contributed by atoms with Gasteiger partial charge in [0.05, 0.1) is 5.92 Å². The summed E-state index contributed by atoms with van der Waals surface area (Å²) >= 11 is 0. The molecule has 0 fully saturated rings. The maximum Gasteiger partial charge on any atom is 0.315 e. The first-order valence-electron chi connectivity index (χ1n) is 12.6. The standard InChI is InChI=1S/C25H44O8/c1-3-5-11-17-23(28)31-19-21(15-13-9-7-8-10-14-16-22(26)27)25(30)33-20-32-24(29)18-12-6-4-2/h21H,3-20H2,1-2H3,(H,26,27). The van der Waals surface area contributed by atoms with Crippen LogP contribution in [0.3, 0.4) is 0 Å². The monoisotopic (exact) mass is 472 g/mol. The van der Waals surface area contributed by atoms with Gasteiger partial charge in [0.2, 0.25) is 6.79 Å². The van der Waals surface area contributed by atoms with Crippen molar-refractivity contribution in [3.05, 3.63) is 0 Å². The zero-order valence-electron chi connectivity index (χ0n) is 20.6. The van der Waals surface area contributed by atoms with Gasteiger partial charge in [-0.2, -0.15) is 0 Å². The summed E-state index contributed by atoms with van der Waals surface area (Å²) < 4.78 is 15.4. The highest BCUT2D eigenvalue weighted by molar-refractivity contribution is 5.74. The van der Waals surface area contributed by atoms with Crippen molar-refractivity contribution in [2.24, 2.45) is 5.92 Å². The van der Waals surface area contributed by atoms with Gasteiger partial charge in [0, 0.05) is 19.3 Å². The highest BCUT2D eigenvalue weighted by Crippen LogP contribution is 2.16. The minimum absolute atomic E-state index is 0.0349. The second-order valence-corrected chi connectivity index (χ2v) is 8.45. The summed E-state index contributed by atoms with van der Waals surface area (Å²) in [7, 11) is 0. The summed E-state index contributed by atoms with van der Waals surface area (Å²) in [6.45, 7) is 3.64. The molecule has 33 heavy (non-hydrogen) atoms. The van der Waals surface area contributed by atoms with Crippen LogP contribution in [0.25, 0.3) is 0 Å². The Morgan fingerprint density at radius 3 is 1.73 bits per heavy atom. The molecule has 0 amide bonds. The number of hydrogen-bond acceptors (Lipinski definition) is 7. The average Bonchev–Trinajstić information content (AvgIpc) is 2.77. The number of unbranched alkanes of at least 4 members (excludes halogenated alkanes) is 9. The van der Waals surface area contributed by atoms with Crippen molar-refractivity contribution in [1.29, 1.82) is 0 Å². The Hall–Kier alpha value is -2.12. The van der Waals surface area contributed by atoms with Crippen molar-refractivity contribution in [3.8, 4) is 0 Å². The number of carboxylic acid groups (broad SMARTS) is 1. The minimum atomic E-state index is -0.771. The first kappa shape index (κ1) is 30.9. The molecule has 1 N–H and O–H groups in total. The molecule has 0 saturated heterocycles. The summed E-state index contributed by atoms with van der Waals surface area (Å²) in [6.07, 6.45) is 11.9. The minimum Gasteiger partial charge on any atom is -0.481 e. The second kappa shape index (κ2) is 21.7. The molecule has 0 aromatic carbocycles. The molecule has 0 aliphatic carbocycles. The number of carbonyl (C=O) groups excluding carboxylic acids is 3. The molecule has 0 rings (SSSR count). The van der Waals surface area contributed by atoms with E-state index in [2.05, 4.69) is 6.92 Å². The van der Waals surface area contributed by atoms with Crippen molar-refractivity contribution in [2.45, 2.75) is 117 Å². The van der Waals surface area contributed by atoms with E-state index in [-0.39, 0.29) is 19.0 Å². The lowest BCUT2D eigenvalue weighted by Gasteiger charge is -2.16. The van der Waals surface area contributed by atoms with Crippen LogP contribution < -0.4 is 0 Å². The normalized spacial score (nSPS) is 11.6. The van der Waals surface area contributed by atoms with Crippen LogP contribution in [0.2, 0.25) is 0 Å². The van der Waals surface area contributed by atoms with Crippen LogP contribution in [0.5, 0.6) is 0 Å². The summed E-state index contributed by atoms with van der Waals surface area (Å²) in [5.74, 6) is -2.60. The SMILES string of the molecule is CCCCCC(=O)OCOC(=O)C(CCCCCCCCC(=O)O)COC(=O)CCCCC. The van der Waals surface area contributed by atoms with Gasteiger partial charge < -0.3 is 19.3 Å². The fourth-order valence-electron chi connectivity index (χ4n) is 3.29. The van der Waals surface area contributed by atoms with E-state index >= 15 is 0 Å². The van der Waals surface area contributed by atoms with E-state index in [1.807, 2.05) is 6.92 Å². The lowest BCUT2D eigenvalue weighted by atomic mass is 10.0. The van der Waals surface area contributed by atoms with Gasteiger partial charge in [-0.05, 0) is 25.7 Å². The molecule has 0 aromatic heterocycles. The first-order valence-corrected chi connectivity index (χ1v) is 12.6. The van der Waals surface area contributed by atoms with Crippen LogP contribution in [-0.2, 0) is 33.4 Å². The van der Waals surface area contributed by atoms with E-state index in [0.29, 0.717) is 25.7 Å². The summed E-state index contributed by atoms with van der Waals surface area (Å²) in [6, 6.07) is 0. The van der Waals surface area contributed by atoms with E-state index in [4.69, 9.17) is 19.3 Å². The number of hydrogen-bond donors (Lipinski definition) is 1. The number of carboxylic acids is 1. The third kappa shape index (κ3) is 20.2. The van der Waals surface area contributed by atoms with Crippen LogP contribution in [0, 0.1) is 5.92 Å². The van der Waals surface area contributed by atoms with E-state index in [1.54, 1.807) is 0 Å². The van der Waals surface area contributed by atoms with Gasteiger partial charge in [0.1, 0.15) is 6.61 Å². The summed E-state index contributed by atoms with van der Waals surface area (Å²) in [4.78, 5) is 46.5.